The molecular weight excluding hydrogens is 256 g/mol. The Morgan fingerprint density at radius 2 is 2.13 bits per heavy atom. The second-order valence-electron chi connectivity index (χ2n) is 3.65. The molecule has 1 aromatic heterocycles. The number of nitrogens with zero attached hydrogens (tertiary/aromatic N) is 1. The molecule has 0 saturated carbocycles. The molecule has 0 atom stereocenters. The van der Waals surface area contributed by atoms with Crippen LogP contribution in [-0.4, -0.2) is 11.5 Å². The number of fused-ring (bicyclic) bond motifs is 1. The molecule has 1 aromatic carbocycles. The molecule has 80 valence electrons. The molecule has 2 N–H and O–H groups in total. The number of halogens is 1. The van der Waals surface area contributed by atoms with Gasteiger partial charge in [-0.05, 0) is 40.9 Å². The van der Waals surface area contributed by atoms with Gasteiger partial charge >= 0.3 is 0 Å². The van der Waals surface area contributed by atoms with E-state index in [1.807, 2.05) is 13.8 Å². The van der Waals surface area contributed by atoms with E-state index >= 15 is 0 Å². The standard InChI is InChI=1S/C11H13BrN2O/c1-6-5-7(2)10-11(9(6)12)15-8(14-10)3-4-13/h5H,3-4,13H2,1-2H3. The summed E-state index contributed by atoms with van der Waals surface area (Å²) in [6.45, 7) is 4.64. The molecule has 0 aliphatic carbocycles. The normalized spacial score (nSPS) is 11.2. The first-order valence-electron chi connectivity index (χ1n) is 4.88. The van der Waals surface area contributed by atoms with Crippen LogP contribution in [0.3, 0.4) is 0 Å². The van der Waals surface area contributed by atoms with Crippen molar-refractivity contribution in [3.63, 3.8) is 0 Å². The summed E-state index contributed by atoms with van der Waals surface area (Å²) in [7, 11) is 0. The van der Waals surface area contributed by atoms with Gasteiger partial charge in [0.15, 0.2) is 11.5 Å². The molecule has 0 fully saturated rings. The van der Waals surface area contributed by atoms with Crippen LogP contribution in [0.25, 0.3) is 11.1 Å². The Balaban J connectivity index is 2.68. The first-order valence-corrected chi connectivity index (χ1v) is 5.68. The quantitative estimate of drug-likeness (QED) is 0.911. The molecular formula is C11H13BrN2O. The number of rotatable bonds is 2. The lowest BCUT2D eigenvalue weighted by Gasteiger charge is -1.99. The van der Waals surface area contributed by atoms with Crippen molar-refractivity contribution in [1.82, 2.24) is 4.98 Å². The van der Waals surface area contributed by atoms with Gasteiger partial charge in [-0.2, -0.15) is 0 Å². The number of oxazole rings is 1. The maximum absolute atomic E-state index is 5.66. The second-order valence-corrected chi connectivity index (χ2v) is 4.44. The first kappa shape index (κ1) is 10.6. The fourth-order valence-electron chi connectivity index (χ4n) is 1.65. The number of benzene rings is 1. The van der Waals surface area contributed by atoms with Crippen LogP contribution in [0.15, 0.2) is 15.0 Å². The molecule has 0 bridgehead atoms. The third kappa shape index (κ3) is 1.79. The second kappa shape index (κ2) is 3.94. The molecule has 0 radical (unpaired) electrons. The van der Waals surface area contributed by atoms with Gasteiger partial charge in [0.2, 0.25) is 0 Å². The van der Waals surface area contributed by atoms with Crippen molar-refractivity contribution in [3.8, 4) is 0 Å². The van der Waals surface area contributed by atoms with Crippen LogP contribution in [0, 0.1) is 13.8 Å². The molecule has 0 aliphatic rings. The summed E-state index contributed by atoms with van der Waals surface area (Å²) in [4.78, 5) is 4.43. The molecule has 1 heterocycles. The van der Waals surface area contributed by atoms with Gasteiger partial charge < -0.3 is 10.2 Å². The third-order valence-corrected chi connectivity index (χ3v) is 3.37. The number of aromatic nitrogens is 1. The van der Waals surface area contributed by atoms with Crippen molar-refractivity contribution in [3.05, 3.63) is 27.6 Å². The molecule has 0 spiro atoms. The predicted octanol–water partition coefficient (Wildman–Crippen LogP) is 2.71. The Morgan fingerprint density at radius 3 is 2.80 bits per heavy atom. The highest BCUT2D eigenvalue weighted by atomic mass is 79.9. The molecule has 15 heavy (non-hydrogen) atoms. The van der Waals surface area contributed by atoms with E-state index in [9.17, 15) is 0 Å². The van der Waals surface area contributed by atoms with Crippen LogP contribution in [-0.2, 0) is 6.42 Å². The van der Waals surface area contributed by atoms with Gasteiger partial charge in [-0.15, -0.1) is 0 Å². The molecule has 0 unspecified atom stereocenters. The summed E-state index contributed by atoms with van der Waals surface area (Å²) in [5.74, 6) is 0.710. The molecule has 2 aromatic rings. The minimum atomic E-state index is 0.558. The van der Waals surface area contributed by atoms with Crippen LogP contribution in [0.1, 0.15) is 17.0 Å². The molecule has 3 nitrogen and oxygen atoms in total. The van der Waals surface area contributed by atoms with E-state index < -0.39 is 0 Å². The van der Waals surface area contributed by atoms with Crippen molar-refractivity contribution < 1.29 is 4.42 Å². The summed E-state index contributed by atoms with van der Waals surface area (Å²) >= 11 is 3.51. The van der Waals surface area contributed by atoms with E-state index in [4.69, 9.17) is 10.2 Å². The van der Waals surface area contributed by atoms with Crippen LogP contribution < -0.4 is 5.73 Å². The zero-order valence-electron chi connectivity index (χ0n) is 8.80. The number of nitrogens with two attached hydrogens (primary N) is 1. The average molecular weight is 269 g/mol. The van der Waals surface area contributed by atoms with Crippen LogP contribution >= 0.6 is 15.9 Å². The van der Waals surface area contributed by atoms with Crippen molar-refractivity contribution in [2.75, 3.05) is 6.54 Å². The highest BCUT2D eigenvalue weighted by Gasteiger charge is 2.12. The maximum atomic E-state index is 5.66. The van der Waals surface area contributed by atoms with Crippen molar-refractivity contribution in [1.29, 1.82) is 0 Å². The Labute approximate surface area is 96.8 Å². The fourth-order valence-corrected chi connectivity index (χ4v) is 2.03. The van der Waals surface area contributed by atoms with E-state index in [-0.39, 0.29) is 0 Å². The molecule has 2 rings (SSSR count). The van der Waals surface area contributed by atoms with Gasteiger partial charge in [0.25, 0.3) is 0 Å². The van der Waals surface area contributed by atoms with E-state index in [2.05, 4.69) is 27.0 Å². The smallest absolute Gasteiger partial charge is 0.196 e. The summed E-state index contributed by atoms with van der Waals surface area (Å²) in [6, 6.07) is 2.10. The lowest BCUT2D eigenvalue weighted by molar-refractivity contribution is 0.530. The average Bonchev–Trinajstić information content (AvgIpc) is 2.60. The van der Waals surface area contributed by atoms with Crippen molar-refractivity contribution >= 4 is 27.0 Å². The van der Waals surface area contributed by atoms with Crippen molar-refractivity contribution in [2.24, 2.45) is 5.73 Å². The largest absolute Gasteiger partial charge is 0.439 e. The highest BCUT2D eigenvalue weighted by Crippen LogP contribution is 2.30. The Morgan fingerprint density at radius 1 is 1.40 bits per heavy atom. The van der Waals surface area contributed by atoms with E-state index in [1.54, 1.807) is 0 Å². The van der Waals surface area contributed by atoms with Gasteiger partial charge in [0, 0.05) is 13.0 Å². The monoisotopic (exact) mass is 268 g/mol. The molecule has 4 heteroatoms. The van der Waals surface area contributed by atoms with Gasteiger partial charge in [0.05, 0.1) is 4.47 Å². The fraction of sp³-hybridized carbons (Fsp3) is 0.364. The maximum Gasteiger partial charge on any atom is 0.196 e. The van der Waals surface area contributed by atoms with Crippen LogP contribution in [0.2, 0.25) is 0 Å². The molecule has 0 saturated heterocycles. The Kier molecular flexibility index (Phi) is 2.80. The van der Waals surface area contributed by atoms with Crippen molar-refractivity contribution in [2.45, 2.75) is 20.3 Å². The third-order valence-electron chi connectivity index (χ3n) is 2.38. The topological polar surface area (TPSA) is 52.0 Å². The summed E-state index contributed by atoms with van der Waals surface area (Å²) < 4.78 is 6.65. The lowest BCUT2D eigenvalue weighted by Crippen LogP contribution is -2.02. The Hall–Kier alpha value is -0.870. The number of hydrogen-bond donors (Lipinski definition) is 1. The van der Waals surface area contributed by atoms with E-state index in [0.29, 0.717) is 18.9 Å². The van der Waals surface area contributed by atoms with Gasteiger partial charge in [0.1, 0.15) is 5.52 Å². The Bertz CT molecular complexity index is 505. The van der Waals surface area contributed by atoms with Gasteiger partial charge in [-0.3, -0.25) is 0 Å². The number of aryl methyl sites for hydroxylation is 2. The lowest BCUT2D eigenvalue weighted by atomic mass is 10.1. The van der Waals surface area contributed by atoms with Crippen LogP contribution in [0.4, 0.5) is 0 Å². The minimum Gasteiger partial charge on any atom is -0.439 e. The van der Waals surface area contributed by atoms with E-state index in [0.717, 1.165) is 26.7 Å². The SMILES string of the molecule is Cc1cc(C)c2nc(CCN)oc2c1Br. The van der Waals surface area contributed by atoms with Gasteiger partial charge in [-0.1, -0.05) is 6.07 Å². The zero-order chi connectivity index (χ0) is 11.0. The first-order chi connectivity index (χ1) is 7.13. The summed E-state index contributed by atoms with van der Waals surface area (Å²) in [5, 5.41) is 0. The number of hydrogen-bond acceptors (Lipinski definition) is 3. The highest BCUT2D eigenvalue weighted by molar-refractivity contribution is 9.10. The zero-order valence-corrected chi connectivity index (χ0v) is 10.4. The van der Waals surface area contributed by atoms with Crippen LogP contribution in [0.5, 0.6) is 0 Å². The summed E-state index contributed by atoms with van der Waals surface area (Å²) in [5.41, 5.74) is 9.53. The predicted molar refractivity (Wildman–Crippen MR) is 63.9 cm³/mol. The summed E-state index contributed by atoms with van der Waals surface area (Å²) in [6.07, 6.45) is 0.680. The molecule has 0 amide bonds. The minimum absolute atomic E-state index is 0.558. The van der Waals surface area contributed by atoms with Gasteiger partial charge in [-0.25, -0.2) is 4.98 Å². The molecule has 0 aliphatic heterocycles. The van der Waals surface area contributed by atoms with E-state index in [1.165, 1.54) is 0 Å².